The Bertz CT molecular complexity index is 438. The fraction of sp³-hybridized carbons (Fsp3) is 0.571. The first-order valence-corrected chi connectivity index (χ1v) is 8.06. The third kappa shape index (κ3) is 3.41. The van der Waals surface area contributed by atoms with Crippen molar-refractivity contribution in [2.45, 2.75) is 37.5 Å². The van der Waals surface area contributed by atoms with Crippen LogP contribution in [0, 0.1) is 0 Å². The summed E-state index contributed by atoms with van der Waals surface area (Å²) >= 11 is 1.85. The first-order valence-electron chi connectivity index (χ1n) is 6.77. The molecule has 2 rings (SSSR count). The first-order chi connectivity index (χ1) is 9.26. The second kappa shape index (κ2) is 6.80. The van der Waals surface area contributed by atoms with Gasteiger partial charge in [0.15, 0.2) is 0 Å². The van der Waals surface area contributed by atoms with Crippen LogP contribution in [0.1, 0.15) is 36.5 Å². The van der Waals surface area contributed by atoms with Crippen molar-refractivity contribution in [2.75, 3.05) is 18.1 Å². The lowest BCUT2D eigenvalue weighted by atomic mass is 10.1. The smallest absolute Gasteiger partial charge is 0.253 e. The Labute approximate surface area is 118 Å². The van der Waals surface area contributed by atoms with Gasteiger partial charge >= 0.3 is 0 Å². The third-order valence-electron chi connectivity index (χ3n) is 3.50. The molecule has 1 aliphatic rings. The molecule has 0 aromatic carbocycles. The molecule has 1 aliphatic carbocycles. The van der Waals surface area contributed by atoms with E-state index < -0.39 is 0 Å². The zero-order valence-electron chi connectivity index (χ0n) is 11.5. The third-order valence-corrected chi connectivity index (χ3v) is 4.67. The molecule has 0 bridgehead atoms. The fourth-order valence-corrected chi connectivity index (χ4v) is 3.48. The molecule has 5 heteroatoms. The topological polar surface area (TPSA) is 54.0 Å². The summed E-state index contributed by atoms with van der Waals surface area (Å²) in [6.07, 6.45) is 8.97. The molecule has 2 unspecified atom stereocenters. The van der Waals surface area contributed by atoms with Gasteiger partial charge in [-0.25, -0.2) is 0 Å². The quantitative estimate of drug-likeness (QED) is 0.869. The minimum atomic E-state index is 0.00398. The molecule has 0 radical (unpaired) electrons. The van der Waals surface area contributed by atoms with Gasteiger partial charge in [0.05, 0.1) is 17.4 Å². The highest BCUT2D eigenvalue weighted by Crippen LogP contribution is 2.28. The molecule has 1 amide bonds. The number of hydrogen-bond donors (Lipinski definition) is 2. The lowest BCUT2D eigenvalue weighted by molar-refractivity contribution is 0.0939. The predicted molar refractivity (Wildman–Crippen MR) is 80.8 cm³/mol. The average Bonchev–Trinajstić information content (AvgIpc) is 2.87. The van der Waals surface area contributed by atoms with Crippen molar-refractivity contribution >= 4 is 23.4 Å². The van der Waals surface area contributed by atoms with Gasteiger partial charge in [-0.1, -0.05) is 6.42 Å². The molecule has 19 heavy (non-hydrogen) atoms. The minimum Gasteiger partial charge on any atom is -0.383 e. The van der Waals surface area contributed by atoms with Crippen LogP contribution in [0.15, 0.2) is 18.5 Å². The van der Waals surface area contributed by atoms with Crippen LogP contribution in [0.3, 0.4) is 0 Å². The zero-order valence-corrected chi connectivity index (χ0v) is 12.3. The molecule has 0 saturated heterocycles. The molecule has 1 fully saturated rings. The number of pyridine rings is 1. The second-order valence-electron chi connectivity index (χ2n) is 4.74. The molecule has 4 nitrogen and oxygen atoms in total. The Hall–Kier alpha value is -1.23. The van der Waals surface area contributed by atoms with Gasteiger partial charge in [-0.05, 0) is 32.1 Å². The summed E-state index contributed by atoms with van der Waals surface area (Å²) in [6, 6.07) is 2.07. The van der Waals surface area contributed by atoms with Crippen LogP contribution < -0.4 is 10.6 Å². The van der Waals surface area contributed by atoms with Gasteiger partial charge in [0.1, 0.15) is 0 Å². The summed E-state index contributed by atoms with van der Waals surface area (Å²) in [5.74, 6) is 0.00398. The molecule has 1 aromatic heterocycles. The van der Waals surface area contributed by atoms with Crippen LogP contribution in [0.4, 0.5) is 5.69 Å². The van der Waals surface area contributed by atoms with Gasteiger partial charge in [-0.3, -0.25) is 9.78 Å². The van der Waals surface area contributed by atoms with Crippen molar-refractivity contribution in [3.63, 3.8) is 0 Å². The Morgan fingerprint density at radius 1 is 1.53 bits per heavy atom. The molecule has 0 spiro atoms. The van der Waals surface area contributed by atoms with E-state index in [-0.39, 0.29) is 5.91 Å². The van der Waals surface area contributed by atoms with E-state index in [2.05, 4.69) is 21.9 Å². The molecule has 104 valence electrons. The van der Waals surface area contributed by atoms with E-state index in [1.165, 1.54) is 12.8 Å². The van der Waals surface area contributed by atoms with Crippen LogP contribution in [0.2, 0.25) is 0 Å². The van der Waals surface area contributed by atoms with Crippen molar-refractivity contribution in [3.05, 3.63) is 24.0 Å². The molecule has 1 saturated carbocycles. The summed E-state index contributed by atoms with van der Waals surface area (Å²) in [4.78, 5) is 16.4. The van der Waals surface area contributed by atoms with Gasteiger partial charge in [-0.15, -0.1) is 0 Å². The van der Waals surface area contributed by atoms with Gasteiger partial charge in [-0.2, -0.15) is 11.8 Å². The van der Waals surface area contributed by atoms with Crippen molar-refractivity contribution < 1.29 is 4.79 Å². The summed E-state index contributed by atoms with van der Waals surface area (Å²) in [7, 11) is 0. The van der Waals surface area contributed by atoms with Crippen molar-refractivity contribution in [1.82, 2.24) is 10.3 Å². The maximum absolute atomic E-state index is 12.4. The number of anilines is 1. The average molecular weight is 279 g/mol. The number of nitrogens with one attached hydrogen (secondary N) is 2. The van der Waals surface area contributed by atoms with Gasteiger partial charge in [0.25, 0.3) is 5.91 Å². The van der Waals surface area contributed by atoms with Gasteiger partial charge in [0, 0.05) is 24.0 Å². The Kier molecular flexibility index (Phi) is 5.07. The van der Waals surface area contributed by atoms with E-state index in [4.69, 9.17) is 0 Å². The normalized spacial score (nSPS) is 22.2. The van der Waals surface area contributed by atoms with Crippen LogP contribution in [-0.2, 0) is 0 Å². The highest BCUT2D eigenvalue weighted by molar-refractivity contribution is 7.99. The van der Waals surface area contributed by atoms with Crippen molar-refractivity contribution in [3.8, 4) is 0 Å². The highest BCUT2D eigenvalue weighted by Gasteiger charge is 2.28. The molecule has 2 atom stereocenters. The van der Waals surface area contributed by atoms with E-state index in [0.29, 0.717) is 16.9 Å². The van der Waals surface area contributed by atoms with Crippen LogP contribution >= 0.6 is 11.8 Å². The standard InChI is InChI=1S/C14H21N3OS/c1-3-16-12-9-15-8-7-10(12)14(18)17-11-5-4-6-13(11)19-2/h7-9,11,13,16H,3-6H2,1-2H3,(H,17,18). The van der Waals surface area contributed by atoms with Crippen molar-refractivity contribution in [1.29, 1.82) is 0 Å². The first kappa shape index (κ1) is 14.2. The number of aromatic nitrogens is 1. The molecular weight excluding hydrogens is 258 g/mol. The lowest BCUT2D eigenvalue weighted by Crippen LogP contribution is -2.38. The molecule has 1 heterocycles. The molecule has 1 aromatic rings. The molecular formula is C14H21N3OS. The largest absolute Gasteiger partial charge is 0.383 e. The predicted octanol–water partition coefficient (Wildman–Crippen LogP) is 2.53. The summed E-state index contributed by atoms with van der Waals surface area (Å²) in [5, 5.41) is 6.90. The monoisotopic (exact) mass is 279 g/mol. The van der Waals surface area contributed by atoms with Crippen LogP contribution in [0.5, 0.6) is 0 Å². The second-order valence-corrected chi connectivity index (χ2v) is 5.81. The van der Waals surface area contributed by atoms with Gasteiger partial charge < -0.3 is 10.6 Å². The van der Waals surface area contributed by atoms with E-state index in [0.717, 1.165) is 18.7 Å². The summed E-state index contributed by atoms with van der Waals surface area (Å²) in [6.45, 7) is 2.79. The van der Waals surface area contributed by atoms with E-state index in [1.54, 1.807) is 18.5 Å². The van der Waals surface area contributed by atoms with Crippen LogP contribution in [-0.4, -0.2) is 35.0 Å². The SMILES string of the molecule is CCNc1cnccc1C(=O)NC1CCCC1SC. The summed E-state index contributed by atoms with van der Waals surface area (Å²) in [5.41, 5.74) is 1.49. The number of carbonyl (C=O) groups is 1. The van der Waals surface area contributed by atoms with Gasteiger partial charge in [0.2, 0.25) is 0 Å². The van der Waals surface area contributed by atoms with E-state index in [9.17, 15) is 4.79 Å². The maximum Gasteiger partial charge on any atom is 0.253 e. The molecule has 0 aliphatic heterocycles. The Morgan fingerprint density at radius 3 is 3.11 bits per heavy atom. The van der Waals surface area contributed by atoms with E-state index in [1.807, 2.05) is 18.7 Å². The molecule has 2 N–H and O–H groups in total. The Morgan fingerprint density at radius 2 is 2.37 bits per heavy atom. The Balaban J connectivity index is 2.07. The number of thioether (sulfide) groups is 1. The number of rotatable bonds is 5. The summed E-state index contributed by atoms with van der Waals surface area (Å²) < 4.78 is 0. The lowest BCUT2D eigenvalue weighted by Gasteiger charge is -2.20. The van der Waals surface area contributed by atoms with E-state index >= 15 is 0 Å². The number of amides is 1. The fourth-order valence-electron chi connectivity index (χ4n) is 2.54. The highest BCUT2D eigenvalue weighted by atomic mass is 32.2. The number of nitrogens with zero attached hydrogens (tertiary/aromatic N) is 1. The number of hydrogen-bond acceptors (Lipinski definition) is 4. The van der Waals surface area contributed by atoms with Crippen LogP contribution in [0.25, 0.3) is 0 Å². The zero-order chi connectivity index (χ0) is 13.7. The maximum atomic E-state index is 12.4. The minimum absolute atomic E-state index is 0.00398. The number of carbonyl (C=O) groups excluding carboxylic acids is 1. The van der Waals surface area contributed by atoms with Crippen molar-refractivity contribution in [2.24, 2.45) is 0 Å².